The summed E-state index contributed by atoms with van der Waals surface area (Å²) in [5.74, 6) is -0.554. The summed E-state index contributed by atoms with van der Waals surface area (Å²) in [4.78, 5) is 45.6. The number of H-pyrrole nitrogens is 1. The number of aromatic amines is 1. The molecule has 0 aliphatic heterocycles. The molecule has 32 heavy (non-hydrogen) atoms. The van der Waals surface area contributed by atoms with E-state index in [1.54, 1.807) is 43.0 Å². The van der Waals surface area contributed by atoms with Gasteiger partial charge in [0.2, 0.25) is 0 Å². The number of hydrogen-bond donors (Lipinski definition) is 2. The maximum absolute atomic E-state index is 13.3. The molecule has 0 saturated carbocycles. The summed E-state index contributed by atoms with van der Waals surface area (Å²) in [5, 5.41) is 4.30. The first-order valence-electron chi connectivity index (χ1n) is 10.1. The Morgan fingerprint density at radius 2 is 1.94 bits per heavy atom. The van der Waals surface area contributed by atoms with Crippen LogP contribution in [0.4, 0.5) is 5.69 Å². The van der Waals surface area contributed by atoms with Gasteiger partial charge < -0.3 is 14.9 Å². The molecule has 1 amide bonds. The number of amides is 1. The molecule has 5 heterocycles. The van der Waals surface area contributed by atoms with Crippen LogP contribution in [0.2, 0.25) is 0 Å². The lowest BCUT2D eigenvalue weighted by atomic mass is 10.1. The van der Waals surface area contributed by atoms with E-state index >= 15 is 0 Å². The Morgan fingerprint density at radius 3 is 2.75 bits per heavy atom. The van der Waals surface area contributed by atoms with Crippen LogP contribution in [0.15, 0.2) is 61.7 Å². The molecule has 0 aromatic carbocycles. The van der Waals surface area contributed by atoms with Crippen molar-refractivity contribution in [2.45, 2.75) is 19.9 Å². The van der Waals surface area contributed by atoms with Gasteiger partial charge in [0.15, 0.2) is 5.78 Å². The third-order valence-electron chi connectivity index (χ3n) is 5.22. The third kappa shape index (κ3) is 3.39. The number of rotatable bonds is 5. The highest BCUT2D eigenvalue weighted by atomic mass is 16.2. The molecule has 0 bridgehead atoms. The van der Waals surface area contributed by atoms with Gasteiger partial charge in [-0.05, 0) is 32.0 Å². The van der Waals surface area contributed by atoms with Crippen LogP contribution in [0.25, 0.3) is 21.9 Å². The third-order valence-corrected chi connectivity index (χ3v) is 5.22. The van der Waals surface area contributed by atoms with E-state index in [1.165, 1.54) is 18.7 Å². The maximum atomic E-state index is 13.3. The SMILES string of the molecule is CC(C)n1cc(C(=O)c2cncc(NC(=O)c3cc4cnccc4[nH]3)c2)c2cncnc21. The summed E-state index contributed by atoms with van der Waals surface area (Å²) in [6, 6.07) is 5.26. The molecular weight excluding hydrogens is 406 g/mol. The van der Waals surface area contributed by atoms with E-state index in [-0.39, 0.29) is 17.7 Å². The Morgan fingerprint density at radius 1 is 1.06 bits per heavy atom. The van der Waals surface area contributed by atoms with Crippen LogP contribution >= 0.6 is 0 Å². The van der Waals surface area contributed by atoms with Crippen molar-refractivity contribution < 1.29 is 9.59 Å². The Labute approximate surface area is 182 Å². The fourth-order valence-electron chi connectivity index (χ4n) is 3.64. The van der Waals surface area contributed by atoms with Gasteiger partial charge in [0, 0.05) is 58.9 Å². The van der Waals surface area contributed by atoms with Gasteiger partial charge in [0.05, 0.1) is 17.4 Å². The monoisotopic (exact) mass is 425 g/mol. The second-order valence-electron chi connectivity index (χ2n) is 7.70. The van der Waals surface area contributed by atoms with Crippen LogP contribution in [-0.4, -0.2) is 41.2 Å². The zero-order valence-corrected chi connectivity index (χ0v) is 17.4. The fraction of sp³-hybridized carbons (Fsp3) is 0.130. The summed E-state index contributed by atoms with van der Waals surface area (Å²) in [5.41, 5.74) is 3.17. The van der Waals surface area contributed by atoms with Gasteiger partial charge in [-0.2, -0.15) is 0 Å². The molecule has 0 aliphatic rings. The molecule has 0 atom stereocenters. The summed E-state index contributed by atoms with van der Waals surface area (Å²) in [6.45, 7) is 4.04. The van der Waals surface area contributed by atoms with Crippen molar-refractivity contribution in [1.29, 1.82) is 0 Å². The first-order valence-corrected chi connectivity index (χ1v) is 10.1. The minimum atomic E-state index is -0.336. The van der Waals surface area contributed by atoms with Crippen LogP contribution < -0.4 is 5.32 Å². The molecule has 158 valence electrons. The highest BCUT2D eigenvalue weighted by Crippen LogP contribution is 2.25. The molecule has 0 radical (unpaired) electrons. The van der Waals surface area contributed by atoms with E-state index in [4.69, 9.17) is 0 Å². The first kappa shape index (κ1) is 19.6. The van der Waals surface area contributed by atoms with E-state index in [1.807, 2.05) is 18.4 Å². The van der Waals surface area contributed by atoms with Gasteiger partial charge in [-0.25, -0.2) is 9.97 Å². The lowest BCUT2D eigenvalue weighted by molar-refractivity contribution is 0.101. The smallest absolute Gasteiger partial charge is 0.272 e. The normalized spacial score (nSPS) is 11.3. The second kappa shape index (κ2) is 7.69. The van der Waals surface area contributed by atoms with E-state index in [0.29, 0.717) is 33.5 Å². The number of anilines is 1. The van der Waals surface area contributed by atoms with Crippen molar-refractivity contribution in [3.63, 3.8) is 0 Å². The second-order valence-corrected chi connectivity index (χ2v) is 7.70. The number of aromatic nitrogens is 6. The molecule has 5 aromatic heterocycles. The molecule has 0 spiro atoms. The number of fused-ring (bicyclic) bond motifs is 2. The number of carbonyl (C=O) groups excluding carboxylic acids is 2. The standard InChI is InChI=1S/C23H19N7O2/c1-13(2)30-11-18(17-10-26-12-27-22(17)30)21(31)15-5-16(9-25-8-15)28-23(32)20-6-14-7-24-4-3-19(14)29-20/h3-13,29H,1-2H3,(H,28,32). The Balaban J connectivity index is 1.44. The van der Waals surface area contributed by atoms with Gasteiger partial charge in [0.1, 0.15) is 17.7 Å². The number of nitrogens with one attached hydrogen (secondary N) is 2. The fourth-order valence-corrected chi connectivity index (χ4v) is 3.64. The predicted octanol–water partition coefficient (Wildman–Crippen LogP) is 3.77. The van der Waals surface area contributed by atoms with Crippen LogP contribution in [0.5, 0.6) is 0 Å². The van der Waals surface area contributed by atoms with Crippen LogP contribution in [-0.2, 0) is 0 Å². The van der Waals surface area contributed by atoms with Crippen molar-refractivity contribution in [3.8, 4) is 0 Å². The van der Waals surface area contributed by atoms with Gasteiger partial charge in [-0.1, -0.05) is 0 Å². The van der Waals surface area contributed by atoms with E-state index < -0.39 is 0 Å². The van der Waals surface area contributed by atoms with Crippen molar-refractivity contribution in [3.05, 3.63) is 78.5 Å². The molecule has 0 unspecified atom stereocenters. The minimum absolute atomic E-state index is 0.129. The lowest BCUT2D eigenvalue weighted by Crippen LogP contribution is -2.13. The van der Waals surface area contributed by atoms with E-state index in [9.17, 15) is 9.59 Å². The van der Waals surface area contributed by atoms with Gasteiger partial charge in [0.25, 0.3) is 5.91 Å². The van der Waals surface area contributed by atoms with Gasteiger partial charge in [-0.15, -0.1) is 0 Å². The minimum Gasteiger partial charge on any atom is -0.350 e. The molecule has 0 fully saturated rings. The zero-order chi connectivity index (χ0) is 22.2. The molecule has 2 N–H and O–H groups in total. The molecule has 5 aromatic rings. The summed E-state index contributed by atoms with van der Waals surface area (Å²) in [7, 11) is 0. The number of carbonyl (C=O) groups is 2. The molecule has 0 saturated heterocycles. The van der Waals surface area contributed by atoms with Crippen LogP contribution in [0.3, 0.4) is 0 Å². The lowest BCUT2D eigenvalue weighted by Gasteiger charge is -2.07. The predicted molar refractivity (Wildman–Crippen MR) is 120 cm³/mol. The van der Waals surface area contributed by atoms with Crippen LogP contribution in [0.1, 0.15) is 46.3 Å². The number of ketones is 1. The highest BCUT2D eigenvalue weighted by Gasteiger charge is 2.20. The van der Waals surface area contributed by atoms with Gasteiger partial charge >= 0.3 is 0 Å². The summed E-state index contributed by atoms with van der Waals surface area (Å²) in [6.07, 6.45) is 11.2. The van der Waals surface area contributed by atoms with Crippen molar-refractivity contribution >= 4 is 39.3 Å². The molecule has 5 rings (SSSR count). The molecule has 9 heteroatoms. The molecular formula is C23H19N7O2. The van der Waals surface area contributed by atoms with Crippen molar-refractivity contribution in [2.75, 3.05) is 5.32 Å². The molecule has 0 aliphatic carbocycles. The maximum Gasteiger partial charge on any atom is 0.272 e. The number of nitrogens with zero attached hydrogens (tertiary/aromatic N) is 5. The molecule has 9 nitrogen and oxygen atoms in total. The Bertz CT molecular complexity index is 1450. The van der Waals surface area contributed by atoms with Crippen LogP contribution in [0, 0.1) is 0 Å². The summed E-state index contributed by atoms with van der Waals surface area (Å²) >= 11 is 0. The summed E-state index contributed by atoms with van der Waals surface area (Å²) < 4.78 is 1.94. The zero-order valence-electron chi connectivity index (χ0n) is 17.4. The quantitative estimate of drug-likeness (QED) is 0.414. The van der Waals surface area contributed by atoms with E-state index in [0.717, 1.165) is 10.9 Å². The van der Waals surface area contributed by atoms with E-state index in [2.05, 4.69) is 30.2 Å². The van der Waals surface area contributed by atoms with Gasteiger partial charge in [-0.3, -0.25) is 19.6 Å². The largest absolute Gasteiger partial charge is 0.350 e. The number of hydrogen-bond acceptors (Lipinski definition) is 6. The average molecular weight is 425 g/mol. The first-order chi connectivity index (χ1) is 15.5. The number of pyridine rings is 2. The topological polar surface area (TPSA) is 118 Å². The Hall–Kier alpha value is -4.40. The average Bonchev–Trinajstić information content (AvgIpc) is 3.41. The highest BCUT2D eigenvalue weighted by molar-refractivity contribution is 6.16. The van der Waals surface area contributed by atoms with Crippen molar-refractivity contribution in [1.82, 2.24) is 29.5 Å². The van der Waals surface area contributed by atoms with Crippen molar-refractivity contribution in [2.24, 2.45) is 0 Å². The Kier molecular flexibility index (Phi) is 4.70.